The fourth-order valence-corrected chi connectivity index (χ4v) is 3.46. The summed E-state index contributed by atoms with van der Waals surface area (Å²) in [5, 5.41) is 10.5. The van der Waals surface area contributed by atoms with Gasteiger partial charge in [0.05, 0.1) is 17.5 Å². The Kier molecular flexibility index (Phi) is 5.40. The van der Waals surface area contributed by atoms with Gasteiger partial charge in [-0.1, -0.05) is 35.5 Å². The maximum atomic E-state index is 11.6. The fraction of sp³-hybridized carbons (Fsp3) is 0.158. The number of ketones is 1. The van der Waals surface area contributed by atoms with Gasteiger partial charge in [-0.25, -0.2) is 9.97 Å². The summed E-state index contributed by atoms with van der Waals surface area (Å²) in [7, 11) is 0. The summed E-state index contributed by atoms with van der Waals surface area (Å²) in [6.45, 7) is 3.21. The van der Waals surface area contributed by atoms with Gasteiger partial charge in [0.1, 0.15) is 11.1 Å². The summed E-state index contributed by atoms with van der Waals surface area (Å²) in [5.41, 5.74) is 2.28. The molecule has 2 heterocycles. The highest BCUT2D eigenvalue weighted by Crippen LogP contribution is 2.28. The molecule has 26 heavy (non-hydrogen) atoms. The smallest absolute Gasteiger partial charge is 0.205 e. The molecule has 1 aromatic carbocycles. The number of rotatable bonds is 5. The molecule has 0 atom stereocenters. The van der Waals surface area contributed by atoms with E-state index in [0.29, 0.717) is 44.3 Å². The molecule has 0 unspecified atom stereocenters. The zero-order valence-electron chi connectivity index (χ0n) is 14.1. The van der Waals surface area contributed by atoms with Crippen molar-refractivity contribution in [3.8, 4) is 17.4 Å². The second-order valence-corrected chi connectivity index (χ2v) is 6.96. The lowest BCUT2D eigenvalue weighted by molar-refractivity contribution is 0.101. The number of hydrogen-bond donors (Lipinski definition) is 0. The van der Waals surface area contributed by atoms with Crippen LogP contribution in [0.2, 0.25) is 5.02 Å². The Balaban J connectivity index is 1.79. The number of oxazole rings is 1. The Morgan fingerprint density at radius 1 is 1.38 bits per heavy atom. The monoisotopic (exact) mass is 383 g/mol. The molecule has 0 amide bonds. The van der Waals surface area contributed by atoms with Crippen molar-refractivity contribution in [2.45, 2.75) is 24.6 Å². The van der Waals surface area contributed by atoms with Crippen LogP contribution in [0.3, 0.4) is 0 Å². The number of aromatic nitrogens is 2. The molecule has 5 nitrogen and oxygen atoms in total. The van der Waals surface area contributed by atoms with Crippen molar-refractivity contribution in [3.63, 3.8) is 0 Å². The molecule has 0 N–H and O–H groups in total. The minimum atomic E-state index is -0.109. The van der Waals surface area contributed by atoms with Gasteiger partial charge < -0.3 is 4.42 Å². The van der Waals surface area contributed by atoms with E-state index in [1.54, 1.807) is 31.3 Å². The number of pyridine rings is 1. The quantitative estimate of drug-likeness (QED) is 0.452. The lowest BCUT2D eigenvalue weighted by atomic mass is 10.1. The molecule has 0 spiro atoms. The van der Waals surface area contributed by atoms with E-state index in [1.807, 2.05) is 12.1 Å². The van der Waals surface area contributed by atoms with Gasteiger partial charge in [0.15, 0.2) is 11.5 Å². The summed E-state index contributed by atoms with van der Waals surface area (Å²) in [5.74, 6) is 1.45. The van der Waals surface area contributed by atoms with Crippen LogP contribution in [0.4, 0.5) is 0 Å². The summed E-state index contributed by atoms with van der Waals surface area (Å²) in [6, 6.07) is 11.0. The molecule has 0 saturated carbocycles. The van der Waals surface area contributed by atoms with Crippen LogP contribution < -0.4 is 0 Å². The number of carbonyl (C=O) groups excluding carboxylic acids is 1. The first kappa shape index (κ1) is 18.2. The Bertz CT molecular complexity index is 1020. The zero-order chi connectivity index (χ0) is 18.7. The van der Waals surface area contributed by atoms with Crippen molar-refractivity contribution < 1.29 is 9.21 Å². The van der Waals surface area contributed by atoms with Crippen LogP contribution in [0.25, 0.3) is 11.3 Å². The van der Waals surface area contributed by atoms with E-state index < -0.39 is 0 Å². The third-order valence-electron chi connectivity index (χ3n) is 3.67. The summed E-state index contributed by atoms with van der Waals surface area (Å²) < 4.78 is 5.76. The molecule has 0 bridgehead atoms. The van der Waals surface area contributed by atoms with E-state index in [2.05, 4.69) is 16.0 Å². The SMILES string of the molecule is CC(=O)c1cc(C#N)c(SCc2ncc(-c3cccc(Cl)c3)o2)nc1C. The van der Waals surface area contributed by atoms with E-state index in [0.717, 1.165) is 5.56 Å². The topological polar surface area (TPSA) is 79.8 Å². The average Bonchev–Trinajstić information content (AvgIpc) is 3.08. The first-order chi connectivity index (χ1) is 12.5. The Labute approximate surface area is 160 Å². The minimum Gasteiger partial charge on any atom is -0.440 e. The number of Topliss-reactive ketones (excluding diaryl/α,β-unsaturated/α-hetero) is 1. The standard InChI is InChI=1S/C19H14ClN3O2S/c1-11-16(12(2)24)7-14(8-21)19(23-11)26-10-18-22-9-17(25-18)13-4-3-5-15(20)6-13/h3-7,9H,10H2,1-2H3. The van der Waals surface area contributed by atoms with E-state index in [1.165, 1.54) is 18.7 Å². The molecule has 0 aliphatic heterocycles. The number of benzene rings is 1. The van der Waals surface area contributed by atoms with Gasteiger partial charge in [0.25, 0.3) is 0 Å². The molecule has 2 aromatic heterocycles. The predicted molar refractivity (Wildman–Crippen MR) is 100 cm³/mol. The van der Waals surface area contributed by atoms with Crippen molar-refractivity contribution >= 4 is 29.1 Å². The number of hydrogen-bond acceptors (Lipinski definition) is 6. The van der Waals surface area contributed by atoms with Crippen molar-refractivity contribution in [1.82, 2.24) is 9.97 Å². The van der Waals surface area contributed by atoms with Gasteiger partial charge in [-0.15, -0.1) is 0 Å². The van der Waals surface area contributed by atoms with Crippen LogP contribution in [0.1, 0.15) is 34.4 Å². The highest BCUT2D eigenvalue weighted by molar-refractivity contribution is 7.98. The van der Waals surface area contributed by atoms with E-state index in [-0.39, 0.29) is 5.78 Å². The lowest BCUT2D eigenvalue weighted by Crippen LogP contribution is -2.02. The first-order valence-electron chi connectivity index (χ1n) is 7.74. The second-order valence-electron chi connectivity index (χ2n) is 5.56. The van der Waals surface area contributed by atoms with Crippen molar-refractivity contribution in [1.29, 1.82) is 5.26 Å². The van der Waals surface area contributed by atoms with Gasteiger partial charge in [-0.2, -0.15) is 5.26 Å². The van der Waals surface area contributed by atoms with Gasteiger partial charge in [-0.05, 0) is 32.0 Å². The van der Waals surface area contributed by atoms with Crippen molar-refractivity contribution in [3.05, 3.63) is 64.3 Å². The number of carbonyl (C=O) groups is 1. The Morgan fingerprint density at radius 2 is 2.19 bits per heavy atom. The maximum absolute atomic E-state index is 11.6. The predicted octanol–water partition coefficient (Wildman–Crippen LogP) is 5.07. The lowest BCUT2D eigenvalue weighted by Gasteiger charge is -2.06. The number of nitriles is 1. The third kappa shape index (κ3) is 3.96. The molecule has 3 aromatic rings. The van der Waals surface area contributed by atoms with Crippen LogP contribution in [0.5, 0.6) is 0 Å². The van der Waals surface area contributed by atoms with Gasteiger partial charge in [0, 0.05) is 21.8 Å². The summed E-state index contributed by atoms with van der Waals surface area (Å²) >= 11 is 7.34. The molecule has 0 fully saturated rings. The van der Waals surface area contributed by atoms with E-state index in [9.17, 15) is 10.1 Å². The Morgan fingerprint density at radius 3 is 2.88 bits per heavy atom. The molecular weight excluding hydrogens is 370 g/mol. The van der Waals surface area contributed by atoms with Gasteiger partial charge in [-0.3, -0.25) is 4.79 Å². The zero-order valence-corrected chi connectivity index (χ0v) is 15.7. The van der Waals surface area contributed by atoms with Crippen molar-refractivity contribution in [2.24, 2.45) is 0 Å². The first-order valence-corrected chi connectivity index (χ1v) is 9.10. The highest BCUT2D eigenvalue weighted by Gasteiger charge is 2.14. The number of thioether (sulfide) groups is 1. The number of halogens is 1. The fourth-order valence-electron chi connectivity index (χ4n) is 2.41. The molecule has 130 valence electrons. The van der Waals surface area contributed by atoms with Crippen LogP contribution >= 0.6 is 23.4 Å². The van der Waals surface area contributed by atoms with Crippen LogP contribution in [-0.4, -0.2) is 15.8 Å². The van der Waals surface area contributed by atoms with E-state index in [4.69, 9.17) is 16.0 Å². The minimum absolute atomic E-state index is 0.109. The number of nitrogens with zero attached hydrogens (tertiary/aromatic N) is 3. The summed E-state index contributed by atoms with van der Waals surface area (Å²) in [4.78, 5) is 20.3. The number of aryl methyl sites for hydroxylation is 1. The van der Waals surface area contributed by atoms with Gasteiger partial charge in [0.2, 0.25) is 5.89 Å². The normalized spacial score (nSPS) is 10.5. The van der Waals surface area contributed by atoms with Crippen molar-refractivity contribution in [2.75, 3.05) is 0 Å². The second kappa shape index (κ2) is 7.73. The van der Waals surface area contributed by atoms with Crippen LogP contribution in [-0.2, 0) is 5.75 Å². The molecule has 7 heteroatoms. The molecule has 0 saturated heterocycles. The van der Waals surface area contributed by atoms with Crippen LogP contribution in [0.15, 0.2) is 46.0 Å². The largest absolute Gasteiger partial charge is 0.440 e. The van der Waals surface area contributed by atoms with E-state index >= 15 is 0 Å². The molecule has 0 radical (unpaired) electrons. The Hall–Kier alpha value is -2.62. The van der Waals surface area contributed by atoms with Crippen LogP contribution in [0, 0.1) is 18.3 Å². The molecular formula is C19H14ClN3O2S. The average molecular weight is 384 g/mol. The molecule has 0 aliphatic rings. The third-order valence-corrected chi connectivity index (χ3v) is 4.88. The van der Waals surface area contributed by atoms with Gasteiger partial charge >= 0.3 is 0 Å². The maximum Gasteiger partial charge on any atom is 0.205 e. The molecule has 3 rings (SSSR count). The highest BCUT2D eigenvalue weighted by atomic mass is 35.5. The molecule has 0 aliphatic carbocycles. The summed E-state index contributed by atoms with van der Waals surface area (Å²) in [6.07, 6.45) is 1.64.